The van der Waals surface area contributed by atoms with Crippen LogP contribution in [-0.4, -0.2) is 29.5 Å². The Morgan fingerprint density at radius 3 is 2.47 bits per heavy atom. The van der Waals surface area contributed by atoms with Gasteiger partial charge in [0.1, 0.15) is 0 Å². The molecule has 15 heavy (non-hydrogen) atoms. The normalized spacial score (nSPS) is 14.9. The number of nitrogens with one attached hydrogen (secondary N) is 1. The molecular weight excluding hydrogens is 214 g/mol. The maximum atomic E-state index is 9.16. The highest BCUT2D eigenvalue weighted by Crippen LogP contribution is 2.15. The summed E-state index contributed by atoms with van der Waals surface area (Å²) in [5, 5.41) is 21.6. The van der Waals surface area contributed by atoms with Gasteiger partial charge in [0.15, 0.2) is 0 Å². The van der Waals surface area contributed by atoms with E-state index in [2.05, 4.69) is 5.32 Å². The van der Waals surface area contributed by atoms with Gasteiger partial charge in [-0.25, -0.2) is 0 Å². The molecule has 0 aromatic heterocycles. The van der Waals surface area contributed by atoms with Crippen molar-refractivity contribution in [1.82, 2.24) is 5.32 Å². The summed E-state index contributed by atoms with van der Waals surface area (Å²) >= 11 is 5.77. The lowest BCUT2D eigenvalue weighted by molar-refractivity contribution is 0.0924. The second kappa shape index (κ2) is 6.08. The lowest BCUT2D eigenvalue weighted by Crippen LogP contribution is -2.31. The first kappa shape index (κ1) is 12.5. The number of rotatable bonds is 5. The van der Waals surface area contributed by atoms with E-state index in [1.165, 1.54) is 0 Å². The van der Waals surface area contributed by atoms with Crippen LogP contribution in [0.1, 0.15) is 18.5 Å². The van der Waals surface area contributed by atoms with Gasteiger partial charge in [0, 0.05) is 17.6 Å². The summed E-state index contributed by atoms with van der Waals surface area (Å²) < 4.78 is 0. The van der Waals surface area contributed by atoms with E-state index in [0.717, 1.165) is 5.56 Å². The van der Waals surface area contributed by atoms with Gasteiger partial charge in [-0.2, -0.15) is 0 Å². The fourth-order valence-electron chi connectivity index (χ4n) is 1.25. The minimum Gasteiger partial charge on any atom is -0.394 e. The van der Waals surface area contributed by atoms with Crippen LogP contribution in [0.15, 0.2) is 24.3 Å². The van der Waals surface area contributed by atoms with Gasteiger partial charge < -0.3 is 15.5 Å². The van der Waals surface area contributed by atoms with Crippen molar-refractivity contribution in [3.05, 3.63) is 34.9 Å². The molecule has 1 rings (SSSR count). The molecule has 0 radical (unpaired) electrons. The van der Waals surface area contributed by atoms with Gasteiger partial charge in [0.05, 0.1) is 12.7 Å². The number of benzene rings is 1. The predicted molar refractivity (Wildman–Crippen MR) is 61.0 cm³/mol. The van der Waals surface area contributed by atoms with Crippen LogP contribution in [0.2, 0.25) is 5.02 Å². The third-order valence-corrected chi connectivity index (χ3v) is 2.49. The molecule has 4 heteroatoms. The predicted octanol–water partition coefficient (Wildman–Crippen LogP) is 1.34. The molecule has 0 aliphatic carbocycles. The Bertz CT molecular complexity index is 289. The van der Waals surface area contributed by atoms with Gasteiger partial charge in [0.2, 0.25) is 0 Å². The van der Waals surface area contributed by atoms with Crippen LogP contribution >= 0.6 is 11.6 Å². The van der Waals surface area contributed by atoms with Crippen LogP contribution in [0.3, 0.4) is 0 Å². The molecule has 3 N–H and O–H groups in total. The Labute approximate surface area is 94.7 Å². The first-order valence-electron chi connectivity index (χ1n) is 4.91. The average Bonchev–Trinajstić information content (AvgIpc) is 2.26. The highest BCUT2D eigenvalue weighted by atomic mass is 35.5. The highest BCUT2D eigenvalue weighted by Gasteiger charge is 2.07. The molecule has 0 amide bonds. The zero-order valence-corrected chi connectivity index (χ0v) is 9.41. The number of aliphatic hydroxyl groups is 2. The second-order valence-corrected chi connectivity index (χ2v) is 3.95. The molecule has 0 heterocycles. The van der Waals surface area contributed by atoms with Crippen molar-refractivity contribution in [2.24, 2.45) is 0 Å². The van der Waals surface area contributed by atoms with Crippen molar-refractivity contribution in [2.45, 2.75) is 19.1 Å². The van der Waals surface area contributed by atoms with E-state index in [4.69, 9.17) is 21.8 Å². The second-order valence-electron chi connectivity index (χ2n) is 3.52. The molecule has 1 unspecified atom stereocenters. The van der Waals surface area contributed by atoms with Gasteiger partial charge in [-0.05, 0) is 24.6 Å². The van der Waals surface area contributed by atoms with Crippen molar-refractivity contribution >= 4 is 11.6 Å². The Morgan fingerprint density at radius 1 is 1.33 bits per heavy atom. The largest absolute Gasteiger partial charge is 0.394 e. The molecule has 0 saturated heterocycles. The summed E-state index contributed by atoms with van der Waals surface area (Å²) in [5.74, 6) is 0. The Balaban J connectivity index is 2.46. The zero-order chi connectivity index (χ0) is 11.3. The molecule has 1 aromatic rings. The van der Waals surface area contributed by atoms with Gasteiger partial charge in [0.25, 0.3) is 0 Å². The summed E-state index contributed by atoms with van der Waals surface area (Å²) in [6.07, 6.45) is -0.709. The average molecular weight is 230 g/mol. The van der Waals surface area contributed by atoms with Crippen LogP contribution in [0.5, 0.6) is 0 Å². The van der Waals surface area contributed by atoms with Gasteiger partial charge in [-0.3, -0.25) is 0 Å². The van der Waals surface area contributed by atoms with Crippen LogP contribution in [0, 0.1) is 0 Å². The van der Waals surface area contributed by atoms with E-state index < -0.39 is 6.10 Å². The van der Waals surface area contributed by atoms with Crippen LogP contribution < -0.4 is 5.32 Å². The lowest BCUT2D eigenvalue weighted by atomic mass is 10.1. The summed E-state index contributed by atoms with van der Waals surface area (Å²) in [5.41, 5.74) is 1.10. The van der Waals surface area contributed by atoms with E-state index in [1.54, 1.807) is 0 Å². The van der Waals surface area contributed by atoms with Gasteiger partial charge in [-0.15, -0.1) is 0 Å². The van der Waals surface area contributed by atoms with Crippen molar-refractivity contribution in [2.75, 3.05) is 13.2 Å². The van der Waals surface area contributed by atoms with Gasteiger partial charge in [-0.1, -0.05) is 23.7 Å². The Hall–Kier alpha value is -0.610. The SMILES string of the molecule is C[C@@H](NCC(O)CO)c1ccc(Cl)cc1. The first-order valence-corrected chi connectivity index (χ1v) is 5.29. The van der Waals surface area contributed by atoms with E-state index in [9.17, 15) is 0 Å². The molecule has 84 valence electrons. The highest BCUT2D eigenvalue weighted by molar-refractivity contribution is 6.30. The lowest BCUT2D eigenvalue weighted by Gasteiger charge is -2.16. The summed E-state index contributed by atoms with van der Waals surface area (Å²) in [7, 11) is 0. The van der Waals surface area contributed by atoms with E-state index in [-0.39, 0.29) is 12.6 Å². The quantitative estimate of drug-likeness (QED) is 0.715. The standard InChI is InChI=1S/C11H16ClNO2/c1-8(13-6-11(15)7-14)9-2-4-10(12)5-3-9/h2-5,8,11,13-15H,6-7H2,1H3/t8-,11?/m1/s1. The molecule has 2 atom stereocenters. The van der Waals surface area contributed by atoms with Crippen LogP contribution in [-0.2, 0) is 0 Å². The maximum Gasteiger partial charge on any atom is 0.0895 e. The smallest absolute Gasteiger partial charge is 0.0895 e. The number of hydrogen-bond acceptors (Lipinski definition) is 3. The van der Waals surface area contributed by atoms with Crippen molar-refractivity contribution in [1.29, 1.82) is 0 Å². The van der Waals surface area contributed by atoms with E-state index >= 15 is 0 Å². The molecule has 0 saturated carbocycles. The molecule has 0 bridgehead atoms. The third-order valence-electron chi connectivity index (χ3n) is 2.24. The molecular formula is C11H16ClNO2. The molecule has 0 aliphatic heterocycles. The number of hydrogen-bond donors (Lipinski definition) is 3. The van der Waals surface area contributed by atoms with Crippen LogP contribution in [0.25, 0.3) is 0 Å². The summed E-state index contributed by atoms with van der Waals surface area (Å²) in [4.78, 5) is 0. The fourth-order valence-corrected chi connectivity index (χ4v) is 1.37. The Kier molecular flexibility index (Phi) is 5.05. The van der Waals surface area contributed by atoms with Crippen molar-refractivity contribution < 1.29 is 10.2 Å². The monoisotopic (exact) mass is 229 g/mol. The topological polar surface area (TPSA) is 52.5 Å². The molecule has 0 spiro atoms. The molecule has 0 fully saturated rings. The summed E-state index contributed by atoms with van der Waals surface area (Å²) in [6.45, 7) is 2.15. The van der Waals surface area contributed by atoms with Crippen molar-refractivity contribution in [3.8, 4) is 0 Å². The maximum absolute atomic E-state index is 9.16. The van der Waals surface area contributed by atoms with Crippen LogP contribution in [0.4, 0.5) is 0 Å². The number of aliphatic hydroxyl groups excluding tert-OH is 2. The first-order chi connectivity index (χ1) is 7.13. The van der Waals surface area contributed by atoms with Gasteiger partial charge >= 0.3 is 0 Å². The fraction of sp³-hybridized carbons (Fsp3) is 0.455. The zero-order valence-electron chi connectivity index (χ0n) is 8.65. The van der Waals surface area contributed by atoms with E-state index in [1.807, 2.05) is 31.2 Å². The summed E-state index contributed by atoms with van der Waals surface area (Å²) in [6, 6.07) is 7.66. The van der Waals surface area contributed by atoms with E-state index in [0.29, 0.717) is 11.6 Å². The Morgan fingerprint density at radius 2 is 1.93 bits per heavy atom. The number of halogens is 1. The van der Waals surface area contributed by atoms with Crippen molar-refractivity contribution in [3.63, 3.8) is 0 Å². The third kappa shape index (κ3) is 4.18. The molecule has 0 aliphatic rings. The minimum atomic E-state index is -0.709. The minimum absolute atomic E-state index is 0.128. The molecule has 3 nitrogen and oxygen atoms in total. The molecule has 1 aromatic carbocycles.